The Balaban J connectivity index is 1.41. The SMILES string of the molecule is C[C@H](c1ccccc1)N1C[C@H](C(=O)N2CCC[C@@H]2C(=O)NC2CC2)CC1=O. The lowest BCUT2D eigenvalue weighted by Crippen LogP contribution is -2.48. The van der Waals surface area contributed by atoms with Crippen molar-refractivity contribution in [1.82, 2.24) is 15.1 Å². The molecule has 0 spiro atoms. The average molecular weight is 369 g/mol. The van der Waals surface area contributed by atoms with Gasteiger partial charge >= 0.3 is 0 Å². The number of carbonyl (C=O) groups excluding carboxylic acids is 3. The summed E-state index contributed by atoms with van der Waals surface area (Å²) in [7, 11) is 0. The van der Waals surface area contributed by atoms with Crippen LogP contribution in [0.5, 0.6) is 0 Å². The van der Waals surface area contributed by atoms with E-state index in [2.05, 4.69) is 5.32 Å². The molecular formula is C21H27N3O3. The molecule has 0 aromatic heterocycles. The number of carbonyl (C=O) groups is 3. The molecule has 0 radical (unpaired) electrons. The molecule has 1 aromatic carbocycles. The number of benzene rings is 1. The van der Waals surface area contributed by atoms with Gasteiger partial charge in [-0.2, -0.15) is 0 Å². The van der Waals surface area contributed by atoms with Crippen LogP contribution in [0.4, 0.5) is 0 Å². The first-order valence-corrected chi connectivity index (χ1v) is 10.00. The lowest BCUT2D eigenvalue weighted by molar-refractivity contribution is -0.141. The highest BCUT2D eigenvalue weighted by atomic mass is 16.2. The van der Waals surface area contributed by atoms with Crippen LogP contribution in [0, 0.1) is 5.92 Å². The minimum absolute atomic E-state index is 0.0166. The zero-order valence-electron chi connectivity index (χ0n) is 15.8. The summed E-state index contributed by atoms with van der Waals surface area (Å²) in [6, 6.07) is 9.76. The second-order valence-corrected chi connectivity index (χ2v) is 8.01. The van der Waals surface area contributed by atoms with Crippen LogP contribution in [0.15, 0.2) is 30.3 Å². The van der Waals surface area contributed by atoms with Gasteiger partial charge in [0.05, 0.1) is 12.0 Å². The van der Waals surface area contributed by atoms with Crippen molar-refractivity contribution in [1.29, 1.82) is 0 Å². The Hall–Kier alpha value is -2.37. The van der Waals surface area contributed by atoms with E-state index in [1.165, 1.54) is 0 Å². The third-order valence-electron chi connectivity index (χ3n) is 6.02. The van der Waals surface area contributed by atoms with E-state index in [4.69, 9.17) is 0 Å². The molecular weight excluding hydrogens is 342 g/mol. The van der Waals surface area contributed by atoms with Crippen molar-refractivity contribution in [3.8, 4) is 0 Å². The van der Waals surface area contributed by atoms with Crippen molar-refractivity contribution < 1.29 is 14.4 Å². The number of likely N-dealkylation sites (tertiary alicyclic amines) is 2. The van der Waals surface area contributed by atoms with Crippen molar-refractivity contribution >= 4 is 17.7 Å². The summed E-state index contributed by atoms with van der Waals surface area (Å²) < 4.78 is 0. The molecule has 3 fully saturated rings. The largest absolute Gasteiger partial charge is 0.352 e. The molecule has 0 unspecified atom stereocenters. The molecule has 6 heteroatoms. The molecule has 4 rings (SSSR count). The molecule has 1 saturated carbocycles. The zero-order chi connectivity index (χ0) is 19.0. The third-order valence-corrected chi connectivity index (χ3v) is 6.02. The van der Waals surface area contributed by atoms with E-state index >= 15 is 0 Å². The van der Waals surface area contributed by atoms with Crippen LogP contribution in [-0.2, 0) is 14.4 Å². The van der Waals surface area contributed by atoms with E-state index in [-0.39, 0.29) is 42.1 Å². The Morgan fingerprint density at radius 2 is 1.89 bits per heavy atom. The molecule has 1 N–H and O–H groups in total. The van der Waals surface area contributed by atoms with Gasteiger partial charge in [0, 0.05) is 25.6 Å². The summed E-state index contributed by atoms with van der Waals surface area (Å²) in [4.78, 5) is 41.6. The van der Waals surface area contributed by atoms with E-state index < -0.39 is 0 Å². The molecule has 2 aliphatic heterocycles. The van der Waals surface area contributed by atoms with Gasteiger partial charge < -0.3 is 15.1 Å². The molecule has 3 aliphatic rings. The van der Waals surface area contributed by atoms with Crippen LogP contribution in [0.3, 0.4) is 0 Å². The maximum Gasteiger partial charge on any atom is 0.243 e. The van der Waals surface area contributed by atoms with E-state index in [1.54, 1.807) is 9.80 Å². The highest BCUT2D eigenvalue weighted by Crippen LogP contribution is 2.31. The molecule has 0 bridgehead atoms. The van der Waals surface area contributed by atoms with Crippen molar-refractivity contribution in [2.45, 2.75) is 57.2 Å². The molecule has 27 heavy (non-hydrogen) atoms. The molecule has 1 aromatic rings. The smallest absolute Gasteiger partial charge is 0.243 e. The fraction of sp³-hybridized carbons (Fsp3) is 0.571. The number of nitrogens with one attached hydrogen (secondary N) is 1. The van der Waals surface area contributed by atoms with E-state index in [0.29, 0.717) is 19.1 Å². The van der Waals surface area contributed by atoms with Crippen molar-refractivity contribution in [2.24, 2.45) is 5.92 Å². The summed E-state index contributed by atoms with van der Waals surface area (Å²) in [5.74, 6) is -0.400. The molecule has 3 atom stereocenters. The monoisotopic (exact) mass is 369 g/mol. The van der Waals surface area contributed by atoms with Gasteiger partial charge in [-0.15, -0.1) is 0 Å². The van der Waals surface area contributed by atoms with E-state index in [0.717, 1.165) is 31.2 Å². The zero-order valence-corrected chi connectivity index (χ0v) is 15.8. The predicted molar refractivity (Wildman–Crippen MR) is 101 cm³/mol. The second-order valence-electron chi connectivity index (χ2n) is 8.01. The summed E-state index contributed by atoms with van der Waals surface area (Å²) in [6.07, 6.45) is 3.88. The Morgan fingerprint density at radius 1 is 1.15 bits per heavy atom. The van der Waals surface area contributed by atoms with Crippen molar-refractivity contribution in [2.75, 3.05) is 13.1 Å². The fourth-order valence-corrected chi connectivity index (χ4v) is 4.25. The van der Waals surface area contributed by atoms with Gasteiger partial charge in [0.1, 0.15) is 6.04 Å². The number of amides is 3. The van der Waals surface area contributed by atoms with E-state index in [1.807, 2.05) is 37.3 Å². The van der Waals surface area contributed by atoms with Crippen molar-refractivity contribution in [3.05, 3.63) is 35.9 Å². The topological polar surface area (TPSA) is 69.7 Å². The standard InChI is InChI=1S/C21H27N3O3/c1-14(15-6-3-2-4-7-15)24-13-16(12-19(24)25)21(27)23-11-5-8-18(23)20(26)22-17-9-10-17/h2-4,6-7,14,16-18H,5,8-13H2,1H3,(H,22,26)/t14-,16-,18-/m1/s1. The Kier molecular flexibility index (Phi) is 4.89. The van der Waals surface area contributed by atoms with Gasteiger partial charge in [-0.25, -0.2) is 0 Å². The van der Waals surface area contributed by atoms with Crippen LogP contribution in [-0.4, -0.2) is 52.7 Å². The first-order valence-electron chi connectivity index (χ1n) is 10.00. The normalized spacial score (nSPS) is 26.3. The van der Waals surface area contributed by atoms with Gasteiger partial charge in [-0.1, -0.05) is 30.3 Å². The minimum Gasteiger partial charge on any atom is -0.352 e. The lowest BCUT2D eigenvalue weighted by Gasteiger charge is -2.28. The molecule has 2 saturated heterocycles. The van der Waals surface area contributed by atoms with E-state index in [9.17, 15) is 14.4 Å². The number of nitrogens with zero attached hydrogens (tertiary/aromatic N) is 2. The van der Waals surface area contributed by atoms with Crippen molar-refractivity contribution in [3.63, 3.8) is 0 Å². The number of hydrogen-bond acceptors (Lipinski definition) is 3. The summed E-state index contributed by atoms with van der Waals surface area (Å²) >= 11 is 0. The van der Waals surface area contributed by atoms with Gasteiger partial charge in [0.2, 0.25) is 17.7 Å². The molecule has 1 aliphatic carbocycles. The van der Waals surface area contributed by atoms with Gasteiger partial charge in [-0.3, -0.25) is 14.4 Å². The Morgan fingerprint density at radius 3 is 2.59 bits per heavy atom. The highest BCUT2D eigenvalue weighted by Gasteiger charge is 2.43. The summed E-state index contributed by atoms with van der Waals surface area (Å²) in [5.41, 5.74) is 1.07. The number of rotatable bonds is 5. The fourth-order valence-electron chi connectivity index (χ4n) is 4.25. The van der Waals surface area contributed by atoms with Gasteiger partial charge in [0.15, 0.2) is 0 Å². The quantitative estimate of drug-likeness (QED) is 0.861. The number of hydrogen-bond donors (Lipinski definition) is 1. The van der Waals surface area contributed by atoms with Crippen LogP contribution in [0.2, 0.25) is 0 Å². The van der Waals surface area contributed by atoms with Crippen LogP contribution < -0.4 is 5.32 Å². The first kappa shape index (κ1) is 18.0. The first-order chi connectivity index (χ1) is 13.0. The van der Waals surface area contributed by atoms with Gasteiger partial charge in [-0.05, 0) is 38.2 Å². The predicted octanol–water partition coefficient (Wildman–Crippen LogP) is 1.87. The Labute approximate surface area is 159 Å². The minimum atomic E-state index is -0.367. The molecule has 6 nitrogen and oxygen atoms in total. The second kappa shape index (κ2) is 7.33. The molecule has 2 heterocycles. The summed E-state index contributed by atoms with van der Waals surface area (Å²) in [6.45, 7) is 3.05. The molecule has 3 amide bonds. The van der Waals surface area contributed by atoms with Crippen LogP contribution in [0.25, 0.3) is 0 Å². The molecule has 144 valence electrons. The average Bonchev–Trinajstić information content (AvgIpc) is 3.20. The lowest BCUT2D eigenvalue weighted by atomic mass is 10.1. The highest BCUT2D eigenvalue weighted by molar-refractivity contribution is 5.93. The maximum absolute atomic E-state index is 13.1. The Bertz CT molecular complexity index is 731. The maximum atomic E-state index is 13.1. The third kappa shape index (κ3) is 3.70. The van der Waals surface area contributed by atoms with Gasteiger partial charge in [0.25, 0.3) is 0 Å². The summed E-state index contributed by atoms with van der Waals surface area (Å²) in [5, 5.41) is 3.02. The van der Waals surface area contributed by atoms with Crippen LogP contribution in [0.1, 0.15) is 50.6 Å². The van der Waals surface area contributed by atoms with Crippen LogP contribution >= 0.6 is 0 Å².